The lowest BCUT2D eigenvalue weighted by Gasteiger charge is -1.96. The van der Waals surface area contributed by atoms with Gasteiger partial charge in [0.25, 0.3) is 0 Å². The maximum atomic E-state index is 5.95. The molecule has 5 rings (SSSR count). The van der Waals surface area contributed by atoms with Crippen molar-refractivity contribution in [3.05, 3.63) is 47.8 Å². The Bertz CT molecular complexity index is 1070. The number of hydrogen-bond acceptors (Lipinski definition) is 1. The Morgan fingerprint density at radius 3 is 2.63 bits per heavy atom. The van der Waals surface area contributed by atoms with Crippen LogP contribution in [0.5, 0.6) is 0 Å². The SMILES string of the molecule is [B]c1ccc2c(c1)c1cccc3c4ccsc4n2c13. The summed E-state index contributed by atoms with van der Waals surface area (Å²) in [4.78, 5) is 1.32. The van der Waals surface area contributed by atoms with Crippen LogP contribution in [0, 0.1) is 0 Å². The van der Waals surface area contributed by atoms with Crippen LogP contribution in [-0.2, 0) is 0 Å². The van der Waals surface area contributed by atoms with Crippen molar-refractivity contribution in [2.24, 2.45) is 0 Å². The summed E-state index contributed by atoms with van der Waals surface area (Å²) in [5, 5.41) is 7.39. The molecule has 3 heteroatoms. The van der Waals surface area contributed by atoms with Crippen LogP contribution in [-0.4, -0.2) is 12.2 Å². The van der Waals surface area contributed by atoms with E-state index in [1.807, 2.05) is 6.07 Å². The molecule has 2 radical (unpaired) electrons. The Morgan fingerprint density at radius 2 is 1.74 bits per heavy atom. The van der Waals surface area contributed by atoms with E-state index in [1.54, 1.807) is 11.3 Å². The Kier molecular flexibility index (Phi) is 1.62. The molecule has 0 spiro atoms. The molecule has 0 amide bonds. The first kappa shape index (κ1) is 9.87. The van der Waals surface area contributed by atoms with E-state index in [9.17, 15) is 0 Å². The summed E-state index contributed by atoms with van der Waals surface area (Å²) in [6.45, 7) is 0. The van der Waals surface area contributed by atoms with Crippen molar-refractivity contribution in [3.8, 4) is 0 Å². The molecule has 86 valence electrons. The van der Waals surface area contributed by atoms with Crippen molar-refractivity contribution in [3.63, 3.8) is 0 Å². The van der Waals surface area contributed by atoms with Crippen LogP contribution < -0.4 is 5.46 Å². The first-order valence-corrected chi connectivity index (χ1v) is 7.13. The van der Waals surface area contributed by atoms with Crippen molar-refractivity contribution in [1.82, 2.24) is 4.40 Å². The van der Waals surface area contributed by atoms with Gasteiger partial charge < -0.3 is 0 Å². The molecule has 3 aromatic heterocycles. The molecule has 0 aliphatic heterocycles. The fourth-order valence-electron chi connectivity index (χ4n) is 3.19. The number of hydrogen-bond donors (Lipinski definition) is 0. The van der Waals surface area contributed by atoms with Crippen LogP contribution in [0.15, 0.2) is 47.8 Å². The zero-order chi connectivity index (χ0) is 12.6. The Morgan fingerprint density at radius 1 is 0.895 bits per heavy atom. The number of nitrogens with zero attached hydrogens (tertiary/aromatic N) is 1. The molecule has 5 aromatic rings. The predicted octanol–water partition coefficient (Wildman–Crippen LogP) is 3.69. The van der Waals surface area contributed by atoms with Crippen molar-refractivity contribution < 1.29 is 0 Å². The van der Waals surface area contributed by atoms with Gasteiger partial charge in [-0.3, -0.25) is 4.40 Å². The molecule has 0 saturated carbocycles. The standard InChI is InChI=1S/C16H8BNS/c17-9-4-5-14-13(8-9)11-3-1-2-10-12-6-7-19-16(12)18(14)15(10)11/h1-8H. The second-order valence-corrected chi connectivity index (χ2v) is 5.85. The van der Waals surface area contributed by atoms with E-state index in [0.29, 0.717) is 0 Å². The monoisotopic (exact) mass is 257 g/mol. The third-order valence-electron chi connectivity index (χ3n) is 3.95. The Labute approximate surface area is 114 Å². The third-order valence-corrected chi connectivity index (χ3v) is 4.85. The minimum atomic E-state index is 0.823. The summed E-state index contributed by atoms with van der Waals surface area (Å²) in [5.74, 6) is 0. The highest BCUT2D eigenvalue weighted by Crippen LogP contribution is 2.40. The summed E-state index contributed by atoms with van der Waals surface area (Å²) >= 11 is 1.80. The normalized spacial score (nSPS) is 12.4. The summed E-state index contributed by atoms with van der Waals surface area (Å²) in [5.41, 5.74) is 3.40. The van der Waals surface area contributed by atoms with Crippen molar-refractivity contribution in [2.45, 2.75) is 0 Å². The molecular weight excluding hydrogens is 249 g/mol. The number of aromatic nitrogens is 1. The van der Waals surface area contributed by atoms with Gasteiger partial charge in [0.05, 0.1) is 11.0 Å². The van der Waals surface area contributed by atoms with E-state index in [-0.39, 0.29) is 0 Å². The van der Waals surface area contributed by atoms with Crippen LogP contribution in [0.2, 0.25) is 0 Å². The maximum Gasteiger partial charge on any atom is 0.113 e. The molecule has 1 nitrogen and oxygen atoms in total. The molecule has 0 atom stereocenters. The van der Waals surface area contributed by atoms with E-state index >= 15 is 0 Å². The largest absolute Gasteiger partial charge is 0.300 e. The smallest absolute Gasteiger partial charge is 0.113 e. The van der Waals surface area contributed by atoms with Crippen molar-refractivity contribution in [1.29, 1.82) is 0 Å². The molecule has 0 N–H and O–H groups in total. The average Bonchev–Trinajstić information content (AvgIpc) is 3.06. The topological polar surface area (TPSA) is 4.41 Å². The quantitative estimate of drug-likeness (QED) is 0.373. The highest BCUT2D eigenvalue weighted by Gasteiger charge is 2.17. The maximum absolute atomic E-state index is 5.95. The van der Waals surface area contributed by atoms with Gasteiger partial charge in [-0.05, 0) is 17.5 Å². The lowest BCUT2D eigenvalue weighted by atomic mass is 9.94. The van der Waals surface area contributed by atoms with Crippen LogP contribution in [0.25, 0.3) is 37.4 Å². The average molecular weight is 257 g/mol. The van der Waals surface area contributed by atoms with Crippen LogP contribution in [0.4, 0.5) is 0 Å². The van der Waals surface area contributed by atoms with E-state index in [4.69, 9.17) is 7.85 Å². The molecule has 0 aliphatic carbocycles. The molecule has 0 fully saturated rings. The lowest BCUT2D eigenvalue weighted by Crippen LogP contribution is -1.99. The van der Waals surface area contributed by atoms with Gasteiger partial charge >= 0.3 is 0 Å². The van der Waals surface area contributed by atoms with E-state index < -0.39 is 0 Å². The van der Waals surface area contributed by atoms with Gasteiger partial charge in [0.15, 0.2) is 0 Å². The van der Waals surface area contributed by atoms with Crippen LogP contribution in [0.3, 0.4) is 0 Å². The Hall–Kier alpha value is -2.00. The predicted molar refractivity (Wildman–Crippen MR) is 84.4 cm³/mol. The second-order valence-electron chi connectivity index (χ2n) is 4.95. The van der Waals surface area contributed by atoms with Gasteiger partial charge in [-0.2, -0.15) is 0 Å². The van der Waals surface area contributed by atoms with Gasteiger partial charge in [-0.25, -0.2) is 0 Å². The van der Waals surface area contributed by atoms with Gasteiger partial charge in [0, 0.05) is 21.5 Å². The number of para-hydroxylation sites is 1. The van der Waals surface area contributed by atoms with Gasteiger partial charge in [-0.1, -0.05) is 35.8 Å². The minimum absolute atomic E-state index is 0.823. The summed E-state index contributed by atoms with van der Waals surface area (Å²) in [7, 11) is 5.95. The molecule has 19 heavy (non-hydrogen) atoms. The lowest BCUT2D eigenvalue weighted by molar-refractivity contribution is 1.40. The second kappa shape index (κ2) is 3.12. The number of fused-ring (bicyclic) bond motifs is 6. The first-order valence-electron chi connectivity index (χ1n) is 6.25. The van der Waals surface area contributed by atoms with Gasteiger partial charge in [0.2, 0.25) is 0 Å². The molecule has 3 heterocycles. The first-order chi connectivity index (χ1) is 9.34. The highest BCUT2D eigenvalue weighted by atomic mass is 32.1. The fourth-order valence-corrected chi connectivity index (χ4v) is 4.13. The zero-order valence-corrected chi connectivity index (χ0v) is 10.9. The summed E-state index contributed by atoms with van der Waals surface area (Å²) in [6, 6.07) is 14.9. The minimum Gasteiger partial charge on any atom is -0.300 e. The fraction of sp³-hybridized carbons (Fsp3) is 0. The number of rotatable bonds is 0. The number of benzene rings is 2. The molecule has 2 aromatic carbocycles. The summed E-state index contributed by atoms with van der Waals surface area (Å²) in [6.07, 6.45) is 0. The third kappa shape index (κ3) is 1.04. The molecule has 0 unspecified atom stereocenters. The van der Waals surface area contributed by atoms with E-state index in [0.717, 1.165) is 5.46 Å². The number of thiophene rings is 1. The van der Waals surface area contributed by atoms with Crippen molar-refractivity contribution >= 4 is 62.1 Å². The summed E-state index contributed by atoms with van der Waals surface area (Å²) < 4.78 is 2.37. The molecule has 0 aliphatic rings. The zero-order valence-electron chi connectivity index (χ0n) is 10.1. The molecule has 0 saturated heterocycles. The van der Waals surface area contributed by atoms with Crippen LogP contribution in [0.1, 0.15) is 0 Å². The van der Waals surface area contributed by atoms with Crippen molar-refractivity contribution in [2.75, 3.05) is 0 Å². The van der Waals surface area contributed by atoms with E-state index in [2.05, 4.69) is 46.2 Å². The molecule has 0 bridgehead atoms. The molecular formula is C16H8BNS. The van der Waals surface area contributed by atoms with E-state index in [1.165, 1.54) is 37.4 Å². The van der Waals surface area contributed by atoms with Gasteiger partial charge in [0.1, 0.15) is 12.7 Å². The Balaban J connectivity index is 2.29. The van der Waals surface area contributed by atoms with Gasteiger partial charge in [-0.15, -0.1) is 11.3 Å². The van der Waals surface area contributed by atoms with Crippen LogP contribution >= 0.6 is 11.3 Å². The highest BCUT2D eigenvalue weighted by molar-refractivity contribution is 7.17.